The standard InChI is InChI=1S/C18H22N2OS/c1-13(15-6-4-3-5-7-15)19-18(21)14(2)20-10-8-17-16(12-20)9-11-22-17/h3-7,9,11,13-14H,8,10,12H2,1-2H3,(H,19,21)/t13-,14+/m0/s1. The Hall–Kier alpha value is -1.65. The van der Waals surface area contributed by atoms with Gasteiger partial charge >= 0.3 is 0 Å². The molecule has 0 saturated heterocycles. The van der Waals surface area contributed by atoms with Crippen molar-refractivity contribution in [3.63, 3.8) is 0 Å². The fourth-order valence-corrected chi connectivity index (χ4v) is 3.82. The van der Waals surface area contributed by atoms with Crippen LogP contribution in [0, 0.1) is 0 Å². The first-order chi connectivity index (χ1) is 10.6. The molecule has 1 aromatic carbocycles. The first-order valence-corrected chi connectivity index (χ1v) is 8.67. The third-order valence-electron chi connectivity index (χ3n) is 4.42. The second kappa shape index (κ2) is 6.63. The van der Waals surface area contributed by atoms with E-state index in [2.05, 4.69) is 21.7 Å². The third-order valence-corrected chi connectivity index (χ3v) is 5.45. The van der Waals surface area contributed by atoms with Crippen molar-refractivity contribution in [1.82, 2.24) is 10.2 Å². The average Bonchev–Trinajstić information content (AvgIpc) is 3.02. The Balaban J connectivity index is 1.61. The van der Waals surface area contributed by atoms with Gasteiger partial charge in [-0.1, -0.05) is 30.3 Å². The van der Waals surface area contributed by atoms with E-state index in [-0.39, 0.29) is 18.0 Å². The van der Waals surface area contributed by atoms with E-state index in [0.717, 1.165) is 25.1 Å². The van der Waals surface area contributed by atoms with Crippen molar-refractivity contribution in [2.75, 3.05) is 6.54 Å². The number of carbonyl (C=O) groups is 1. The highest BCUT2D eigenvalue weighted by atomic mass is 32.1. The quantitative estimate of drug-likeness (QED) is 0.938. The predicted octanol–water partition coefficient (Wildman–Crippen LogP) is 3.37. The fraction of sp³-hybridized carbons (Fsp3) is 0.389. The molecule has 3 rings (SSSR count). The molecule has 1 aromatic heterocycles. The first kappa shape index (κ1) is 15.3. The number of fused-ring (bicyclic) bond motifs is 1. The molecule has 0 fully saturated rings. The zero-order chi connectivity index (χ0) is 15.5. The van der Waals surface area contributed by atoms with Crippen LogP contribution in [0.4, 0.5) is 0 Å². The Bertz CT molecular complexity index is 638. The van der Waals surface area contributed by atoms with Gasteiger partial charge in [0, 0.05) is 18.0 Å². The molecule has 4 heteroatoms. The normalized spacial score (nSPS) is 17.5. The Morgan fingerprint density at radius 1 is 1.23 bits per heavy atom. The largest absolute Gasteiger partial charge is 0.348 e. The van der Waals surface area contributed by atoms with Crippen LogP contribution in [0.25, 0.3) is 0 Å². The van der Waals surface area contributed by atoms with E-state index in [4.69, 9.17) is 0 Å². The summed E-state index contributed by atoms with van der Waals surface area (Å²) >= 11 is 1.83. The van der Waals surface area contributed by atoms with Gasteiger partial charge in [-0.2, -0.15) is 0 Å². The topological polar surface area (TPSA) is 32.3 Å². The second-order valence-corrected chi connectivity index (χ2v) is 6.91. The first-order valence-electron chi connectivity index (χ1n) is 7.80. The minimum atomic E-state index is -0.0980. The summed E-state index contributed by atoms with van der Waals surface area (Å²) in [5.41, 5.74) is 2.52. The van der Waals surface area contributed by atoms with E-state index in [0.29, 0.717) is 0 Å². The Morgan fingerprint density at radius 2 is 2.00 bits per heavy atom. The molecule has 1 N–H and O–H groups in total. The number of amides is 1. The summed E-state index contributed by atoms with van der Waals surface area (Å²) in [6, 6.07) is 12.2. The predicted molar refractivity (Wildman–Crippen MR) is 90.9 cm³/mol. The highest BCUT2D eigenvalue weighted by molar-refractivity contribution is 7.10. The molecule has 1 aliphatic rings. The monoisotopic (exact) mass is 314 g/mol. The lowest BCUT2D eigenvalue weighted by Crippen LogP contribution is -2.47. The molecule has 1 amide bonds. The number of carbonyl (C=O) groups excluding carboxylic acids is 1. The average molecular weight is 314 g/mol. The zero-order valence-corrected chi connectivity index (χ0v) is 13.9. The van der Waals surface area contributed by atoms with Crippen LogP contribution in [0.15, 0.2) is 41.8 Å². The molecule has 2 heterocycles. The summed E-state index contributed by atoms with van der Waals surface area (Å²) in [5.74, 6) is 0.107. The van der Waals surface area contributed by atoms with Crippen LogP contribution in [0.3, 0.4) is 0 Å². The summed E-state index contributed by atoms with van der Waals surface area (Å²) < 4.78 is 0. The van der Waals surface area contributed by atoms with Gasteiger partial charge in [-0.3, -0.25) is 9.69 Å². The number of hydrogen-bond donors (Lipinski definition) is 1. The Morgan fingerprint density at radius 3 is 2.77 bits per heavy atom. The van der Waals surface area contributed by atoms with Gasteiger partial charge in [-0.25, -0.2) is 0 Å². The van der Waals surface area contributed by atoms with E-state index in [1.807, 2.05) is 55.5 Å². The lowest BCUT2D eigenvalue weighted by Gasteiger charge is -2.32. The smallest absolute Gasteiger partial charge is 0.237 e. The highest BCUT2D eigenvalue weighted by Gasteiger charge is 2.26. The van der Waals surface area contributed by atoms with Crippen LogP contribution in [-0.4, -0.2) is 23.4 Å². The minimum absolute atomic E-state index is 0.0395. The minimum Gasteiger partial charge on any atom is -0.348 e. The van der Waals surface area contributed by atoms with Gasteiger partial charge in [0.2, 0.25) is 5.91 Å². The second-order valence-electron chi connectivity index (χ2n) is 5.91. The van der Waals surface area contributed by atoms with E-state index in [1.165, 1.54) is 10.4 Å². The van der Waals surface area contributed by atoms with Crippen LogP contribution < -0.4 is 5.32 Å². The number of thiophene rings is 1. The maximum Gasteiger partial charge on any atom is 0.237 e. The molecule has 3 nitrogen and oxygen atoms in total. The van der Waals surface area contributed by atoms with Gasteiger partial charge in [-0.05, 0) is 42.8 Å². The van der Waals surface area contributed by atoms with Crippen molar-refractivity contribution in [1.29, 1.82) is 0 Å². The maximum absolute atomic E-state index is 12.5. The molecule has 22 heavy (non-hydrogen) atoms. The molecule has 0 radical (unpaired) electrons. The van der Waals surface area contributed by atoms with Crippen molar-refractivity contribution in [3.8, 4) is 0 Å². The molecule has 0 aliphatic carbocycles. The molecular weight excluding hydrogens is 292 g/mol. The summed E-state index contributed by atoms with van der Waals surface area (Å²) in [4.78, 5) is 16.3. The van der Waals surface area contributed by atoms with E-state index >= 15 is 0 Å². The van der Waals surface area contributed by atoms with Crippen molar-refractivity contribution in [2.24, 2.45) is 0 Å². The van der Waals surface area contributed by atoms with Crippen LogP contribution >= 0.6 is 11.3 Å². The summed E-state index contributed by atoms with van der Waals surface area (Å²) in [6.07, 6.45) is 1.05. The van der Waals surface area contributed by atoms with Gasteiger partial charge in [0.25, 0.3) is 0 Å². The van der Waals surface area contributed by atoms with Crippen molar-refractivity contribution < 1.29 is 4.79 Å². The van der Waals surface area contributed by atoms with Gasteiger partial charge in [0.05, 0.1) is 12.1 Å². The van der Waals surface area contributed by atoms with Crippen molar-refractivity contribution >= 4 is 17.2 Å². The number of nitrogens with one attached hydrogen (secondary N) is 1. The lowest BCUT2D eigenvalue weighted by atomic mass is 10.1. The van der Waals surface area contributed by atoms with Crippen LogP contribution in [-0.2, 0) is 17.8 Å². The van der Waals surface area contributed by atoms with Crippen LogP contribution in [0.2, 0.25) is 0 Å². The molecule has 2 atom stereocenters. The Labute approximate surface area is 136 Å². The number of benzene rings is 1. The molecule has 116 valence electrons. The number of nitrogens with zero attached hydrogens (tertiary/aromatic N) is 1. The molecule has 1 aliphatic heterocycles. The number of hydrogen-bond acceptors (Lipinski definition) is 3. The Kier molecular flexibility index (Phi) is 4.60. The third kappa shape index (κ3) is 3.23. The highest BCUT2D eigenvalue weighted by Crippen LogP contribution is 2.25. The number of rotatable bonds is 4. The van der Waals surface area contributed by atoms with Gasteiger partial charge < -0.3 is 5.32 Å². The summed E-state index contributed by atoms with van der Waals surface area (Å²) in [5, 5.41) is 5.28. The van der Waals surface area contributed by atoms with Crippen molar-refractivity contribution in [2.45, 2.75) is 38.9 Å². The van der Waals surface area contributed by atoms with Gasteiger partial charge in [-0.15, -0.1) is 11.3 Å². The molecule has 0 unspecified atom stereocenters. The molecule has 0 bridgehead atoms. The van der Waals surface area contributed by atoms with E-state index in [9.17, 15) is 4.79 Å². The van der Waals surface area contributed by atoms with E-state index < -0.39 is 0 Å². The maximum atomic E-state index is 12.5. The zero-order valence-electron chi connectivity index (χ0n) is 13.1. The molecular formula is C18H22N2OS. The summed E-state index contributed by atoms with van der Waals surface area (Å²) in [7, 11) is 0. The van der Waals surface area contributed by atoms with Crippen LogP contribution in [0.5, 0.6) is 0 Å². The van der Waals surface area contributed by atoms with Gasteiger partial charge in [0.1, 0.15) is 0 Å². The summed E-state index contributed by atoms with van der Waals surface area (Å²) in [6.45, 7) is 5.88. The SMILES string of the molecule is C[C@H](NC(=O)[C@@H](C)N1CCc2sccc2C1)c1ccccc1. The van der Waals surface area contributed by atoms with Gasteiger partial charge in [0.15, 0.2) is 0 Å². The lowest BCUT2D eigenvalue weighted by molar-refractivity contribution is -0.126. The molecule has 2 aromatic rings. The van der Waals surface area contributed by atoms with E-state index in [1.54, 1.807) is 0 Å². The molecule has 0 spiro atoms. The van der Waals surface area contributed by atoms with Crippen molar-refractivity contribution in [3.05, 3.63) is 57.8 Å². The van der Waals surface area contributed by atoms with Crippen LogP contribution in [0.1, 0.15) is 35.9 Å². The molecule has 0 saturated carbocycles. The fourth-order valence-electron chi connectivity index (χ4n) is 2.93.